The van der Waals surface area contributed by atoms with Crippen molar-refractivity contribution in [1.82, 2.24) is 20.1 Å². The van der Waals surface area contributed by atoms with Crippen LogP contribution in [-0.2, 0) is 17.8 Å². The number of rotatable bonds is 6. The van der Waals surface area contributed by atoms with Crippen LogP contribution in [0.4, 0.5) is 16.3 Å². The number of amides is 3. The van der Waals surface area contributed by atoms with Gasteiger partial charge in [0.2, 0.25) is 5.91 Å². The molecule has 2 aromatic carbocycles. The van der Waals surface area contributed by atoms with Gasteiger partial charge in [-0.25, -0.2) is 9.78 Å². The Morgan fingerprint density at radius 3 is 2.75 bits per heavy atom. The lowest BCUT2D eigenvalue weighted by Crippen LogP contribution is -2.43. The minimum Gasteiger partial charge on any atom is -0.487 e. The normalized spacial score (nSPS) is 23.2. The lowest BCUT2D eigenvalue weighted by molar-refractivity contribution is -0.116. The van der Waals surface area contributed by atoms with Gasteiger partial charge < -0.3 is 30.3 Å². The molecule has 7 rings (SSSR count). The summed E-state index contributed by atoms with van der Waals surface area (Å²) in [6.45, 7) is 5.27. The van der Waals surface area contributed by atoms with Crippen LogP contribution in [0.15, 0.2) is 54.7 Å². The number of urea groups is 1. The maximum absolute atomic E-state index is 12.8. The Morgan fingerprint density at radius 1 is 1.10 bits per heavy atom. The average molecular weight is 541 g/mol. The monoisotopic (exact) mass is 540 g/mol. The van der Waals surface area contributed by atoms with Crippen LogP contribution in [0.5, 0.6) is 17.2 Å². The van der Waals surface area contributed by atoms with E-state index in [0.717, 1.165) is 55.3 Å². The number of benzene rings is 2. The van der Waals surface area contributed by atoms with E-state index in [-0.39, 0.29) is 30.0 Å². The number of carbonyl (C=O) groups excluding carboxylic acids is 2. The topological polar surface area (TPSA) is 108 Å². The van der Waals surface area contributed by atoms with Crippen molar-refractivity contribution in [2.24, 2.45) is 0 Å². The van der Waals surface area contributed by atoms with Crippen molar-refractivity contribution in [2.45, 2.75) is 37.5 Å². The van der Waals surface area contributed by atoms with Crippen LogP contribution < -0.4 is 25.4 Å². The van der Waals surface area contributed by atoms with Gasteiger partial charge in [0.15, 0.2) is 0 Å². The summed E-state index contributed by atoms with van der Waals surface area (Å²) < 4.78 is 12.3. The Kier molecular flexibility index (Phi) is 6.28. The second kappa shape index (κ2) is 10.1. The van der Waals surface area contributed by atoms with Gasteiger partial charge in [-0.05, 0) is 55.4 Å². The van der Waals surface area contributed by atoms with E-state index in [9.17, 15) is 9.59 Å². The Labute approximate surface area is 232 Å². The first-order chi connectivity index (χ1) is 19.5. The molecule has 1 aromatic heterocycles. The molecule has 206 valence electrons. The zero-order chi connectivity index (χ0) is 27.2. The lowest BCUT2D eigenvalue weighted by Gasteiger charge is -2.32. The Balaban J connectivity index is 0.950. The number of nitrogens with zero attached hydrogens (tertiary/aromatic N) is 3. The van der Waals surface area contributed by atoms with Gasteiger partial charge in [-0.15, -0.1) is 0 Å². The summed E-state index contributed by atoms with van der Waals surface area (Å²) in [6, 6.07) is 15.3. The molecule has 0 unspecified atom stereocenters. The number of ether oxygens (including phenoxy) is 2. The van der Waals surface area contributed by atoms with Gasteiger partial charge in [0.05, 0.1) is 12.0 Å². The molecule has 0 spiro atoms. The molecule has 40 heavy (non-hydrogen) atoms. The Hall–Kier alpha value is -4.15. The van der Waals surface area contributed by atoms with E-state index in [2.05, 4.69) is 49.9 Å². The smallest absolute Gasteiger partial charge is 0.319 e. The number of aromatic nitrogens is 1. The van der Waals surface area contributed by atoms with Crippen molar-refractivity contribution in [2.75, 3.05) is 43.9 Å². The van der Waals surface area contributed by atoms with Crippen LogP contribution in [0.1, 0.15) is 29.0 Å². The third kappa shape index (κ3) is 4.96. The highest BCUT2D eigenvalue weighted by atomic mass is 16.5. The van der Waals surface area contributed by atoms with Crippen molar-refractivity contribution < 1.29 is 19.1 Å². The molecule has 1 aliphatic carbocycles. The molecule has 0 radical (unpaired) electrons. The van der Waals surface area contributed by atoms with Gasteiger partial charge in [-0.2, -0.15) is 0 Å². The maximum atomic E-state index is 12.8. The Bertz CT molecular complexity index is 1450. The van der Waals surface area contributed by atoms with Gasteiger partial charge in [0.25, 0.3) is 0 Å². The Morgan fingerprint density at radius 2 is 1.93 bits per heavy atom. The molecule has 10 nitrogen and oxygen atoms in total. The summed E-state index contributed by atoms with van der Waals surface area (Å²) in [7, 11) is 2.16. The highest BCUT2D eigenvalue weighted by Crippen LogP contribution is 2.54. The molecule has 1 saturated carbocycles. The van der Waals surface area contributed by atoms with E-state index in [1.165, 1.54) is 5.56 Å². The zero-order valence-electron chi connectivity index (χ0n) is 22.4. The molecule has 4 aliphatic rings. The number of hydrogen-bond acceptors (Lipinski definition) is 7. The highest BCUT2D eigenvalue weighted by Gasteiger charge is 2.59. The predicted molar refractivity (Wildman–Crippen MR) is 150 cm³/mol. The number of fused-ring (bicyclic) bond motifs is 4. The van der Waals surface area contributed by atoms with Crippen LogP contribution in [0, 0.1) is 0 Å². The molecule has 3 atom stereocenters. The fourth-order valence-electron chi connectivity index (χ4n) is 5.83. The van der Waals surface area contributed by atoms with Crippen LogP contribution in [0.25, 0.3) is 0 Å². The zero-order valence-corrected chi connectivity index (χ0v) is 22.4. The summed E-state index contributed by atoms with van der Waals surface area (Å²) >= 11 is 0. The summed E-state index contributed by atoms with van der Waals surface area (Å²) in [6.07, 6.45) is 2.55. The van der Waals surface area contributed by atoms with E-state index in [1.807, 2.05) is 36.4 Å². The number of piperazine rings is 1. The molecule has 3 aliphatic heterocycles. The van der Waals surface area contributed by atoms with E-state index in [4.69, 9.17) is 9.47 Å². The standard InChI is InChI=1S/C30H32N6O4/c1-35-12-14-36(15-13-35)17-18-2-4-19(5-3-18)32-30(38)34-27-26-22-16-20(6-8-23(22)40-28(26)27)39-24-10-11-31-29-21(24)7-9-25(37)33-29/h2-6,8,10-11,16,26-28H,7,9,12-15,17H2,1H3,(H,31,33,37)(H2,32,34,38)/t26-,27-,28-/m0/s1. The molecule has 1 saturated heterocycles. The summed E-state index contributed by atoms with van der Waals surface area (Å²) in [5.41, 5.74) is 3.93. The molecule has 3 amide bonds. The SMILES string of the molecule is CN1CCN(Cc2ccc(NC(=O)N[C@@H]3[C@H]4Oc5ccc(Oc6ccnc7c6CCC(=O)N7)cc5[C@@H]34)cc2)CC1. The van der Waals surface area contributed by atoms with Gasteiger partial charge in [-0.1, -0.05) is 12.1 Å². The van der Waals surface area contributed by atoms with Crippen LogP contribution in [0.3, 0.4) is 0 Å². The van der Waals surface area contributed by atoms with Crippen LogP contribution >= 0.6 is 0 Å². The molecular formula is C30H32N6O4. The number of pyridine rings is 1. The van der Waals surface area contributed by atoms with Crippen molar-refractivity contribution in [3.63, 3.8) is 0 Å². The molecule has 0 bridgehead atoms. The maximum Gasteiger partial charge on any atom is 0.319 e. The quantitative estimate of drug-likeness (QED) is 0.439. The first kappa shape index (κ1) is 24.9. The number of anilines is 2. The largest absolute Gasteiger partial charge is 0.487 e. The fraction of sp³-hybridized carbons (Fsp3) is 0.367. The minimum atomic E-state index is -0.241. The molecule has 3 N–H and O–H groups in total. The second-order valence-electron chi connectivity index (χ2n) is 11.0. The molecule has 4 heterocycles. The van der Waals surface area contributed by atoms with Crippen molar-refractivity contribution in [1.29, 1.82) is 0 Å². The van der Waals surface area contributed by atoms with E-state index in [0.29, 0.717) is 30.2 Å². The lowest BCUT2D eigenvalue weighted by atomic mass is 10.1. The third-order valence-electron chi connectivity index (χ3n) is 8.17. The first-order valence-corrected chi connectivity index (χ1v) is 13.8. The molecule has 2 fully saturated rings. The second-order valence-corrected chi connectivity index (χ2v) is 11.0. The number of hydrogen-bond donors (Lipinski definition) is 3. The van der Waals surface area contributed by atoms with Crippen molar-refractivity contribution >= 4 is 23.4 Å². The van der Waals surface area contributed by atoms with Crippen LogP contribution in [-0.4, -0.2) is 72.1 Å². The number of nitrogens with one attached hydrogen (secondary N) is 3. The fourth-order valence-corrected chi connectivity index (χ4v) is 5.83. The van der Waals surface area contributed by atoms with E-state index in [1.54, 1.807) is 6.20 Å². The summed E-state index contributed by atoms with van der Waals surface area (Å²) in [5, 5.41) is 8.82. The van der Waals surface area contributed by atoms with Crippen molar-refractivity contribution in [3.8, 4) is 17.2 Å². The molecule has 3 aromatic rings. The van der Waals surface area contributed by atoms with Crippen molar-refractivity contribution in [3.05, 3.63) is 71.4 Å². The minimum absolute atomic E-state index is 0.0348. The van der Waals surface area contributed by atoms with Gasteiger partial charge in [0, 0.05) is 62.2 Å². The predicted octanol–water partition coefficient (Wildman–Crippen LogP) is 3.55. The summed E-state index contributed by atoms with van der Waals surface area (Å²) in [4.78, 5) is 33.5. The van der Waals surface area contributed by atoms with Crippen LogP contribution in [0.2, 0.25) is 0 Å². The summed E-state index contributed by atoms with van der Waals surface area (Å²) in [5.74, 6) is 2.79. The average Bonchev–Trinajstić information content (AvgIpc) is 3.46. The third-order valence-corrected chi connectivity index (χ3v) is 8.17. The van der Waals surface area contributed by atoms with E-state index >= 15 is 0 Å². The molecular weight excluding hydrogens is 508 g/mol. The van der Waals surface area contributed by atoms with E-state index < -0.39 is 0 Å². The van der Waals surface area contributed by atoms with Gasteiger partial charge in [-0.3, -0.25) is 9.69 Å². The van der Waals surface area contributed by atoms with Gasteiger partial charge >= 0.3 is 6.03 Å². The molecule has 10 heteroatoms. The number of likely N-dealkylation sites (N-methyl/N-ethyl adjacent to an activating group) is 1. The van der Waals surface area contributed by atoms with Gasteiger partial charge in [0.1, 0.15) is 29.2 Å². The first-order valence-electron chi connectivity index (χ1n) is 13.8. The highest BCUT2D eigenvalue weighted by molar-refractivity contribution is 5.93. The number of carbonyl (C=O) groups is 2.